The Labute approximate surface area is 132 Å². The minimum absolute atomic E-state index is 0.0202. The van der Waals surface area contributed by atoms with Crippen LogP contribution in [0.25, 0.3) is 0 Å². The minimum Gasteiger partial charge on any atom is -0.353 e. The van der Waals surface area contributed by atoms with E-state index in [-0.39, 0.29) is 30.2 Å². The van der Waals surface area contributed by atoms with Crippen LogP contribution in [0.1, 0.15) is 33.6 Å². The van der Waals surface area contributed by atoms with E-state index < -0.39 is 0 Å². The molecule has 6 nitrogen and oxygen atoms in total. The molecule has 0 aromatic carbocycles. The Morgan fingerprint density at radius 2 is 1.27 bits per heavy atom. The summed E-state index contributed by atoms with van der Waals surface area (Å²) in [6, 6.07) is 0.0404. The monoisotopic (exact) mass is 312 g/mol. The van der Waals surface area contributed by atoms with Crippen molar-refractivity contribution in [3.63, 3.8) is 0 Å². The van der Waals surface area contributed by atoms with Gasteiger partial charge in [0.1, 0.15) is 0 Å². The molecular weight excluding hydrogens is 284 g/mol. The third-order valence-electron chi connectivity index (χ3n) is 2.95. The lowest BCUT2D eigenvalue weighted by Gasteiger charge is -2.18. The Morgan fingerprint density at radius 1 is 0.909 bits per heavy atom. The lowest BCUT2D eigenvalue weighted by molar-refractivity contribution is -0.133. The molecule has 6 heteroatoms. The van der Waals surface area contributed by atoms with Gasteiger partial charge in [0.2, 0.25) is 11.8 Å². The van der Waals surface area contributed by atoms with Crippen molar-refractivity contribution in [2.75, 3.05) is 13.2 Å². The minimum atomic E-state index is -0.329. The fourth-order valence-electron chi connectivity index (χ4n) is 1.62. The first kappa shape index (κ1) is 20.3. The van der Waals surface area contributed by atoms with E-state index in [2.05, 4.69) is 23.8 Å². The van der Waals surface area contributed by atoms with E-state index in [0.717, 1.165) is 0 Å². The van der Waals surface area contributed by atoms with E-state index in [9.17, 15) is 9.59 Å². The van der Waals surface area contributed by atoms with Crippen LogP contribution in [0.2, 0.25) is 0 Å². The van der Waals surface area contributed by atoms with E-state index in [1.165, 1.54) is 12.2 Å². The van der Waals surface area contributed by atoms with Gasteiger partial charge in [-0.1, -0.05) is 13.2 Å². The fourth-order valence-corrected chi connectivity index (χ4v) is 1.62. The van der Waals surface area contributed by atoms with Crippen LogP contribution in [-0.2, 0) is 19.1 Å². The molecule has 0 saturated carbocycles. The van der Waals surface area contributed by atoms with Gasteiger partial charge in [-0.05, 0) is 45.8 Å². The molecule has 126 valence electrons. The lowest BCUT2D eigenvalue weighted by Crippen LogP contribution is -2.33. The molecular formula is C16H28N2O4. The van der Waals surface area contributed by atoms with Crippen LogP contribution in [0.15, 0.2) is 25.3 Å². The number of ether oxygens (including phenoxy) is 2. The number of carbonyl (C=O) groups excluding carboxylic acids is 2. The molecule has 2 amide bonds. The molecule has 0 bridgehead atoms. The summed E-state index contributed by atoms with van der Waals surface area (Å²) in [7, 11) is 0. The second kappa shape index (κ2) is 11.9. The molecule has 22 heavy (non-hydrogen) atoms. The van der Waals surface area contributed by atoms with Crippen LogP contribution in [0.3, 0.4) is 0 Å². The molecule has 0 rings (SSSR count). The van der Waals surface area contributed by atoms with Gasteiger partial charge >= 0.3 is 0 Å². The van der Waals surface area contributed by atoms with Crippen LogP contribution in [0.5, 0.6) is 0 Å². The molecule has 0 aliphatic rings. The van der Waals surface area contributed by atoms with Crippen LogP contribution < -0.4 is 10.6 Å². The summed E-state index contributed by atoms with van der Waals surface area (Å²) in [6.07, 6.45) is 3.55. The van der Waals surface area contributed by atoms with Gasteiger partial charge in [-0.3, -0.25) is 9.59 Å². The highest BCUT2D eigenvalue weighted by Crippen LogP contribution is 2.00. The van der Waals surface area contributed by atoms with Gasteiger partial charge < -0.3 is 20.1 Å². The zero-order valence-electron chi connectivity index (χ0n) is 13.8. The summed E-state index contributed by atoms with van der Waals surface area (Å²) < 4.78 is 11.0. The van der Waals surface area contributed by atoms with Gasteiger partial charge in [0.15, 0.2) is 6.29 Å². The fraction of sp³-hybridized carbons (Fsp3) is 0.625. The largest absolute Gasteiger partial charge is 0.353 e. The SMILES string of the molecule is C=CC(=O)NC(C)CCOC(C)OCCC(C)NC(=O)C=C. The lowest BCUT2D eigenvalue weighted by atomic mass is 10.2. The predicted molar refractivity (Wildman–Crippen MR) is 86.2 cm³/mol. The first-order chi connectivity index (χ1) is 10.4. The van der Waals surface area contributed by atoms with E-state index in [4.69, 9.17) is 9.47 Å². The van der Waals surface area contributed by atoms with Gasteiger partial charge in [0.25, 0.3) is 0 Å². The molecule has 0 aromatic rings. The standard InChI is InChI=1S/C16H28N2O4/c1-6-15(19)17-12(3)8-10-21-14(5)22-11-9-13(4)18-16(20)7-2/h6-7,12-14H,1-2,8-11H2,3-5H3,(H,17,19)(H,18,20). The van der Waals surface area contributed by atoms with E-state index in [0.29, 0.717) is 26.1 Å². The van der Waals surface area contributed by atoms with Gasteiger partial charge in [0.05, 0.1) is 13.2 Å². The van der Waals surface area contributed by atoms with Crippen LogP contribution in [0, 0.1) is 0 Å². The quantitative estimate of drug-likeness (QED) is 0.423. The Hall–Kier alpha value is -1.66. The smallest absolute Gasteiger partial charge is 0.243 e. The Kier molecular flexibility index (Phi) is 11.0. The zero-order valence-corrected chi connectivity index (χ0v) is 13.8. The summed E-state index contributed by atoms with van der Waals surface area (Å²) in [5, 5.41) is 5.52. The van der Waals surface area contributed by atoms with Crippen molar-refractivity contribution in [2.24, 2.45) is 0 Å². The van der Waals surface area contributed by atoms with Crippen molar-refractivity contribution in [1.29, 1.82) is 0 Å². The second-order valence-corrected chi connectivity index (χ2v) is 5.11. The highest BCUT2D eigenvalue weighted by Gasteiger charge is 2.08. The second-order valence-electron chi connectivity index (χ2n) is 5.11. The van der Waals surface area contributed by atoms with Crippen molar-refractivity contribution < 1.29 is 19.1 Å². The summed E-state index contributed by atoms with van der Waals surface area (Å²) in [6.45, 7) is 13.4. The highest BCUT2D eigenvalue weighted by molar-refractivity contribution is 5.87. The highest BCUT2D eigenvalue weighted by atomic mass is 16.7. The van der Waals surface area contributed by atoms with Crippen molar-refractivity contribution in [3.8, 4) is 0 Å². The maximum atomic E-state index is 11.1. The average Bonchev–Trinajstić information content (AvgIpc) is 2.46. The Bertz CT molecular complexity index is 337. The molecule has 2 unspecified atom stereocenters. The topological polar surface area (TPSA) is 76.7 Å². The number of carbonyl (C=O) groups is 2. The number of hydrogen-bond donors (Lipinski definition) is 2. The molecule has 0 aliphatic heterocycles. The van der Waals surface area contributed by atoms with Crippen molar-refractivity contribution >= 4 is 11.8 Å². The van der Waals surface area contributed by atoms with E-state index in [1.807, 2.05) is 20.8 Å². The molecule has 0 spiro atoms. The predicted octanol–water partition coefficient (Wildman–Crippen LogP) is 1.53. The van der Waals surface area contributed by atoms with Gasteiger partial charge in [-0.25, -0.2) is 0 Å². The number of amides is 2. The number of rotatable bonds is 12. The summed E-state index contributed by atoms with van der Waals surface area (Å²) >= 11 is 0. The van der Waals surface area contributed by atoms with E-state index in [1.54, 1.807) is 0 Å². The zero-order chi connectivity index (χ0) is 17.0. The third-order valence-corrected chi connectivity index (χ3v) is 2.95. The Morgan fingerprint density at radius 3 is 1.59 bits per heavy atom. The van der Waals surface area contributed by atoms with E-state index >= 15 is 0 Å². The van der Waals surface area contributed by atoms with Crippen LogP contribution in [-0.4, -0.2) is 43.4 Å². The summed E-state index contributed by atoms with van der Waals surface area (Å²) in [5.74, 6) is -0.375. The van der Waals surface area contributed by atoms with Gasteiger partial charge in [-0.15, -0.1) is 0 Å². The maximum absolute atomic E-state index is 11.1. The third kappa shape index (κ3) is 11.0. The van der Waals surface area contributed by atoms with Crippen molar-refractivity contribution in [3.05, 3.63) is 25.3 Å². The first-order valence-electron chi connectivity index (χ1n) is 7.48. The summed E-state index contributed by atoms with van der Waals surface area (Å²) in [4.78, 5) is 22.2. The molecule has 2 N–H and O–H groups in total. The molecule has 0 aromatic heterocycles. The molecule has 0 radical (unpaired) electrons. The first-order valence-corrected chi connectivity index (χ1v) is 7.48. The van der Waals surface area contributed by atoms with Crippen molar-refractivity contribution in [2.45, 2.75) is 52.0 Å². The normalized spacial score (nSPS) is 14.5. The maximum Gasteiger partial charge on any atom is 0.243 e. The van der Waals surface area contributed by atoms with Gasteiger partial charge in [0, 0.05) is 12.1 Å². The molecule has 0 fully saturated rings. The Balaban J connectivity index is 3.67. The molecule has 2 atom stereocenters. The molecule has 0 heterocycles. The van der Waals surface area contributed by atoms with Crippen LogP contribution in [0.4, 0.5) is 0 Å². The summed E-state index contributed by atoms with van der Waals surface area (Å²) in [5.41, 5.74) is 0. The average molecular weight is 312 g/mol. The molecule has 0 aliphatic carbocycles. The molecule has 0 saturated heterocycles. The number of nitrogens with one attached hydrogen (secondary N) is 2. The van der Waals surface area contributed by atoms with Gasteiger partial charge in [-0.2, -0.15) is 0 Å². The van der Waals surface area contributed by atoms with Crippen molar-refractivity contribution in [1.82, 2.24) is 10.6 Å². The van der Waals surface area contributed by atoms with Crippen LogP contribution >= 0.6 is 0 Å². The number of hydrogen-bond acceptors (Lipinski definition) is 4.